The van der Waals surface area contributed by atoms with Crippen LogP contribution in [0, 0.1) is 5.92 Å². The number of phenols is 1. The lowest BCUT2D eigenvalue weighted by Crippen LogP contribution is -2.19. The first-order valence-electron chi connectivity index (χ1n) is 7.49. The Morgan fingerprint density at radius 2 is 1.83 bits per heavy atom. The van der Waals surface area contributed by atoms with Crippen molar-refractivity contribution in [3.8, 4) is 5.75 Å². The Kier molecular flexibility index (Phi) is 5.68. The van der Waals surface area contributed by atoms with Crippen LogP contribution in [-0.4, -0.2) is 23.1 Å². The standard InChI is InChI=1S/C18H19N3O3/c1-12(2)17(23)20-15-8-6-14(7-9-15)18(24)21-19-11-13-4-3-5-16(22)10-13/h3-12,22H,1-2H3,(H,20,23)(H,21,24). The van der Waals surface area contributed by atoms with Gasteiger partial charge in [-0.1, -0.05) is 26.0 Å². The van der Waals surface area contributed by atoms with E-state index < -0.39 is 0 Å². The molecule has 0 saturated heterocycles. The average molecular weight is 325 g/mol. The molecule has 0 heterocycles. The van der Waals surface area contributed by atoms with Gasteiger partial charge in [0.25, 0.3) is 5.91 Å². The van der Waals surface area contributed by atoms with Crippen molar-refractivity contribution < 1.29 is 14.7 Å². The number of benzene rings is 2. The zero-order chi connectivity index (χ0) is 17.5. The quantitative estimate of drug-likeness (QED) is 0.583. The number of amides is 2. The van der Waals surface area contributed by atoms with E-state index in [1.54, 1.807) is 42.5 Å². The van der Waals surface area contributed by atoms with Crippen molar-refractivity contribution in [3.05, 3.63) is 59.7 Å². The van der Waals surface area contributed by atoms with Crippen molar-refractivity contribution >= 4 is 23.7 Å². The van der Waals surface area contributed by atoms with Gasteiger partial charge in [-0.3, -0.25) is 9.59 Å². The number of phenolic OH excluding ortho intramolecular Hbond substituents is 1. The van der Waals surface area contributed by atoms with Gasteiger partial charge in [0.1, 0.15) is 5.75 Å². The van der Waals surface area contributed by atoms with Gasteiger partial charge < -0.3 is 10.4 Å². The molecular formula is C18H19N3O3. The van der Waals surface area contributed by atoms with Crippen LogP contribution >= 0.6 is 0 Å². The topological polar surface area (TPSA) is 90.8 Å². The molecule has 2 rings (SSSR count). The van der Waals surface area contributed by atoms with Crippen LogP contribution in [0.4, 0.5) is 5.69 Å². The SMILES string of the molecule is CC(C)C(=O)Nc1ccc(C(=O)NN=Cc2cccc(O)c2)cc1. The third kappa shape index (κ3) is 4.95. The van der Waals surface area contributed by atoms with E-state index in [-0.39, 0.29) is 23.5 Å². The summed E-state index contributed by atoms with van der Waals surface area (Å²) in [4.78, 5) is 23.6. The van der Waals surface area contributed by atoms with Gasteiger partial charge >= 0.3 is 0 Å². The van der Waals surface area contributed by atoms with Crippen molar-refractivity contribution in [2.75, 3.05) is 5.32 Å². The first-order chi connectivity index (χ1) is 11.5. The summed E-state index contributed by atoms with van der Waals surface area (Å²) < 4.78 is 0. The summed E-state index contributed by atoms with van der Waals surface area (Å²) in [7, 11) is 0. The molecule has 6 heteroatoms. The lowest BCUT2D eigenvalue weighted by Gasteiger charge is -2.08. The van der Waals surface area contributed by atoms with Crippen LogP contribution in [0.15, 0.2) is 53.6 Å². The number of hydrogen-bond donors (Lipinski definition) is 3. The van der Waals surface area contributed by atoms with Gasteiger partial charge in [0.2, 0.25) is 5.91 Å². The van der Waals surface area contributed by atoms with Crippen LogP contribution in [0.5, 0.6) is 5.75 Å². The highest BCUT2D eigenvalue weighted by atomic mass is 16.3. The zero-order valence-electron chi connectivity index (χ0n) is 13.5. The second-order valence-corrected chi connectivity index (χ2v) is 5.52. The number of anilines is 1. The van der Waals surface area contributed by atoms with Crippen LogP contribution in [-0.2, 0) is 4.79 Å². The molecule has 24 heavy (non-hydrogen) atoms. The minimum atomic E-state index is -0.367. The molecule has 0 unspecified atom stereocenters. The van der Waals surface area contributed by atoms with Crippen LogP contribution in [0.1, 0.15) is 29.8 Å². The van der Waals surface area contributed by atoms with Gasteiger partial charge in [-0.05, 0) is 42.0 Å². The molecule has 0 fully saturated rings. The van der Waals surface area contributed by atoms with Crippen molar-refractivity contribution in [2.24, 2.45) is 11.0 Å². The summed E-state index contributed by atoms with van der Waals surface area (Å²) in [6.07, 6.45) is 1.44. The number of carbonyl (C=O) groups is 2. The fourth-order valence-electron chi connectivity index (χ4n) is 1.83. The molecule has 3 N–H and O–H groups in total. The summed E-state index contributed by atoms with van der Waals surface area (Å²) in [5, 5.41) is 15.9. The highest BCUT2D eigenvalue weighted by molar-refractivity contribution is 5.96. The maximum absolute atomic E-state index is 12.0. The van der Waals surface area contributed by atoms with E-state index in [0.717, 1.165) is 0 Å². The smallest absolute Gasteiger partial charge is 0.271 e. The molecule has 0 aliphatic heterocycles. The first-order valence-corrected chi connectivity index (χ1v) is 7.49. The van der Waals surface area contributed by atoms with E-state index in [1.165, 1.54) is 12.3 Å². The summed E-state index contributed by atoms with van der Waals surface area (Å²) in [5.74, 6) is -0.430. The van der Waals surface area contributed by atoms with Gasteiger partial charge in [0.15, 0.2) is 0 Å². The molecule has 6 nitrogen and oxygen atoms in total. The molecule has 0 aromatic heterocycles. The third-order valence-corrected chi connectivity index (χ3v) is 3.19. The van der Waals surface area contributed by atoms with Gasteiger partial charge in [-0.25, -0.2) is 5.43 Å². The second kappa shape index (κ2) is 7.92. The van der Waals surface area contributed by atoms with Crippen molar-refractivity contribution in [3.63, 3.8) is 0 Å². The van der Waals surface area contributed by atoms with Crippen molar-refractivity contribution in [1.82, 2.24) is 5.43 Å². The lowest BCUT2D eigenvalue weighted by molar-refractivity contribution is -0.118. The zero-order valence-corrected chi connectivity index (χ0v) is 13.5. The molecule has 0 atom stereocenters. The Balaban J connectivity index is 1.94. The van der Waals surface area contributed by atoms with E-state index in [9.17, 15) is 14.7 Å². The summed E-state index contributed by atoms with van der Waals surface area (Å²) in [6.45, 7) is 3.61. The summed E-state index contributed by atoms with van der Waals surface area (Å²) in [6, 6.07) is 13.0. The van der Waals surface area contributed by atoms with E-state index in [2.05, 4.69) is 15.8 Å². The van der Waals surface area contributed by atoms with Crippen LogP contribution < -0.4 is 10.7 Å². The van der Waals surface area contributed by atoms with Crippen LogP contribution in [0.25, 0.3) is 0 Å². The Morgan fingerprint density at radius 3 is 2.46 bits per heavy atom. The Morgan fingerprint density at radius 1 is 1.12 bits per heavy atom. The number of carbonyl (C=O) groups excluding carboxylic acids is 2. The Bertz CT molecular complexity index is 752. The third-order valence-electron chi connectivity index (χ3n) is 3.19. The maximum atomic E-state index is 12.0. The van der Waals surface area contributed by atoms with Gasteiger partial charge in [-0.2, -0.15) is 5.10 Å². The average Bonchev–Trinajstić information content (AvgIpc) is 2.55. The van der Waals surface area contributed by atoms with Crippen molar-refractivity contribution in [1.29, 1.82) is 0 Å². The Hall–Kier alpha value is -3.15. The van der Waals surface area contributed by atoms with Crippen LogP contribution in [0.3, 0.4) is 0 Å². The van der Waals surface area contributed by atoms with Gasteiger partial charge in [0.05, 0.1) is 6.21 Å². The highest BCUT2D eigenvalue weighted by Crippen LogP contribution is 2.11. The highest BCUT2D eigenvalue weighted by Gasteiger charge is 2.08. The number of rotatable bonds is 5. The molecule has 0 radical (unpaired) electrons. The second-order valence-electron chi connectivity index (χ2n) is 5.52. The number of hydrazone groups is 1. The lowest BCUT2D eigenvalue weighted by atomic mass is 10.1. The first kappa shape index (κ1) is 17.2. The Labute approximate surface area is 140 Å². The van der Waals surface area contributed by atoms with Gasteiger partial charge in [0, 0.05) is 17.2 Å². The van der Waals surface area contributed by atoms with E-state index in [0.29, 0.717) is 16.8 Å². The predicted octanol–water partition coefficient (Wildman–Crippen LogP) is 2.75. The molecule has 2 aromatic carbocycles. The number of nitrogens with one attached hydrogen (secondary N) is 2. The fraction of sp³-hybridized carbons (Fsp3) is 0.167. The normalized spacial score (nSPS) is 10.8. The molecule has 0 aliphatic carbocycles. The number of hydrogen-bond acceptors (Lipinski definition) is 4. The van der Waals surface area contributed by atoms with E-state index in [4.69, 9.17) is 0 Å². The molecule has 2 aromatic rings. The number of nitrogens with zero attached hydrogens (tertiary/aromatic N) is 1. The van der Waals surface area contributed by atoms with E-state index in [1.807, 2.05) is 13.8 Å². The molecule has 0 spiro atoms. The molecule has 0 bridgehead atoms. The van der Waals surface area contributed by atoms with Crippen LogP contribution in [0.2, 0.25) is 0 Å². The molecular weight excluding hydrogens is 306 g/mol. The monoisotopic (exact) mass is 325 g/mol. The number of aromatic hydroxyl groups is 1. The maximum Gasteiger partial charge on any atom is 0.271 e. The molecule has 0 saturated carbocycles. The molecule has 0 aliphatic rings. The molecule has 124 valence electrons. The van der Waals surface area contributed by atoms with E-state index >= 15 is 0 Å². The predicted molar refractivity (Wildman–Crippen MR) is 93.1 cm³/mol. The summed E-state index contributed by atoms with van der Waals surface area (Å²) in [5.41, 5.74) is 4.13. The fourth-order valence-corrected chi connectivity index (χ4v) is 1.83. The minimum absolute atomic E-state index is 0.0806. The van der Waals surface area contributed by atoms with Gasteiger partial charge in [-0.15, -0.1) is 0 Å². The largest absolute Gasteiger partial charge is 0.508 e. The summed E-state index contributed by atoms with van der Waals surface area (Å²) >= 11 is 0. The van der Waals surface area contributed by atoms with Crippen molar-refractivity contribution in [2.45, 2.75) is 13.8 Å². The minimum Gasteiger partial charge on any atom is -0.508 e. The molecule has 2 amide bonds.